The lowest BCUT2D eigenvalue weighted by molar-refractivity contribution is 0.196. The molecular formula is C21H25N7O3. The van der Waals surface area contributed by atoms with E-state index in [9.17, 15) is 4.79 Å². The maximum Gasteiger partial charge on any atom is 0.317 e. The van der Waals surface area contributed by atoms with Crippen LogP contribution in [-0.4, -0.2) is 73.3 Å². The molecule has 10 nitrogen and oxygen atoms in total. The van der Waals surface area contributed by atoms with Gasteiger partial charge in [-0.05, 0) is 30.3 Å². The minimum absolute atomic E-state index is 0.0828. The number of nitrogens with two attached hydrogens (primary N) is 1. The smallest absolute Gasteiger partial charge is 0.317 e. The van der Waals surface area contributed by atoms with E-state index in [1.54, 1.807) is 26.2 Å². The van der Waals surface area contributed by atoms with Crippen molar-refractivity contribution in [1.82, 2.24) is 25.2 Å². The molecule has 1 aliphatic rings. The van der Waals surface area contributed by atoms with E-state index in [1.165, 1.54) is 0 Å². The van der Waals surface area contributed by atoms with Gasteiger partial charge in [-0.2, -0.15) is 4.98 Å². The van der Waals surface area contributed by atoms with E-state index in [0.29, 0.717) is 54.5 Å². The Balaban J connectivity index is 1.71. The highest BCUT2D eigenvalue weighted by Gasteiger charge is 2.24. The van der Waals surface area contributed by atoms with Gasteiger partial charge in [0.15, 0.2) is 17.3 Å². The predicted molar refractivity (Wildman–Crippen MR) is 119 cm³/mol. The molecule has 2 amide bonds. The molecule has 0 atom stereocenters. The lowest BCUT2D eigenvalue weighted by Crippen LogP contribution is -2.51. The number of aromatic nitrogens is 3. The second-order valence-electron chi connectivity index (χ2n) is 7.07. The summed E-state index contributed by atoms with van der Waals surface area (Å²) in [5.74, 6) is 2.14. The van der Waals surface area contributed by atoms with E-state index in [1.807, 2.05) is 30.3 Å². The normalized spacial score (nSPS) is 13.9. The third kappa shape index (κ3) is 3.96. The number of rotatable bonds is 4. The van der Waals surface area contributed by atoms with E-state index in [-0.39, 0.29) is 12.0 Å². The average molecular weight is 423 g/mol. The summed E-state index contributed by atoms with van der Waals surface area (Å²) in [5, 5.41) is 2.66. The van der Waals surface area contributed by atoms with Gasteiger partial charge in [0, 0.05) is 38.8 Å². The van der Waals surface area contributed by atoms with Crippen molar-refractivity contribution in [3.63, 3.8) is 0 Å². The summed E-state index contributed by atoms with van der Waals surface area (Å²) >= 11 is 0. The molecule has 162 valence electrons. The molecule has 4 rings (SSSR count). The van der Waals surface area contributed by atoms with Gasteiger partial charge in [0.1, 0.15) is 5.52 Å². The number of nitrogen functional groups attached to an aromatic ring is 1. The summed E-state index contributed by atoms with van der Waals surface area (Å²) in [6.07, 6.45) is 0. The van der Waals surface area contributed by atoms with Gasteiger partial charge in [0.05, 0.1) is 25.4 Å². The minimum Gasteiger partial charge on any atom is -0.493 e. The fourth-order valence-corrected chi connectivity index (χ4v) is 3.67. The predicted octanol–water partition coefficient (Wildman–Crippen LogP) is 1.75. The summed E-state index contributed by atoms with van der Waals surface area (Å²) in [4.78, 5) is 29.4. The number of nitrogens with zero attached hydrogens (tertiary/aromatic N) is 5. The van der Waals surface area contributed by atoms with Crippen LogP contribution in [0.3, 0.4) is 0 Å². The average Bonchev–Trinajstić information content (AvgIpc) is 2.82. The molecule has 0 unspecified atom stereocenters. The van der Waals surface area contributed by atoms with Gasteiger partial charge in [-0.3, -0.25) is 0 Å². The quantitative estimate of drug-likeness (QED) is 0.652. The molecule has 0 radical (unpaired) electrons. The summed E-state index contributed by atoms with van der Waals surface area (Å²) in [5.41, 5.74) is 8.93. The molecule has 31 heavy (non-hydrogen) atoms. The molecule has 2 aromatic heterocycles. The molecule has 3 aromatic rings. The number of piperazine rings is 1. The first-order valence-electron chi connectivity index (χ1n) is 9.92. The number of amides is 2. The van der Waals surface area contributed by atoms with Crippen LogP contribution >= 0.6 is 0 Å². The van der Waals surface area contributed by atoms with E-state index < -0.39 is 0 Å². The van der Waals surface area contributed by atoms with E-state index in [4.69, 9.17) is 20.2 Å². The van der Waals surface area contributed by atoms with Crippen molar-refractivity contribution in [3.8, 4) is 22.8 Å². The number of pyridine rings is 1. The standard InChI is InChI=1S/C21H25N7O3/c1-23-21(29)28-10-8-27(9-11-28)19-18-15(25-20(22)26-19)6-5-14(24-18)13-4-7-16(30-2)17(12-13)31-3/h4-7,12H,8-11H2,1-3H3,(H,23,29)(H2,22,25,26). The second-order valence-corrected chi connectivity index (χ2v) is 7.07. The molecule has 0 saturated carbocycles. The highest BCUT2D eigenvalue weighted by atomic mass is 16.5. The number of benzene rings is 1. The monoisotopic (exact) mass is 423 g/mol. The van der Waals surface area contributed by atoms with Gasteiger partial charge in [-0.1, -0.05) is 0 Å². The van der Waals surface area contributed by atoms with Crippen molar-refractivity contribution in [2.24, 2.45) is 0 Å². The third-order valence-corrected chi connectivity index (χ3v) is 5.30. The van der Waals surface area contributed by atoms with Crippen molar-refractivity contribution >= 4 is 28.8 Å². The maximum absolute atomic E-state index is 11.9. The number of carbonyl (C=O) groups is 1. The van der Waals surface area contributed by atoms with Crippen molar-refractivity contribution < 1.29 is 14.3 Å². The number of hydrogen-bond acceptors (Lipinski definition) is 8. The number of anilines is 2. The number of nitrogens with one attached hydrogen (secondary N) is 1. The lowest BCUT2D eigenvalue weighted by atomic mass is 10.1. The number of urea groups is 1. The Bertz CT molecular complexity index is 1110. The van der Waals surface area contributed by atoms with Gasteiger partial charge in [-0.25, -0.2) is 14.8 Å². The van der Waals surface area contributed by atoms with Gasteiger partial charge in [0.2, 0.25) is 5.95 Å². The van der Waals surface area contributed by atoms with Crippen LogP contribution in [0, 0.1) is 0 Å². The summed E-state index contributed by atoms with van der Waals surface area (Å²) in [6, 6.07) is 9.35. The Hall–Kier alpha value is -3.82. The van der Waals surface area contributed by atoms with Crippen LogP contribution in [0.5, 0.6) is 11.5 Å². The highest BCUT2D eigenvalue weighted by Crippen LogP contribution is 2.33. The zero-order chi connectivity index (χ0) is 22.0. The number of fused-ring (bicyclic) bond motifs is 1. The molecule has 10 heteroatoms. The van der Waals surface area contributed by atoms with Crippen molar-refractivity contribution in [3.05, 3.63) is 30.3 Å². The third-order valence-electron chi connectivity index (χ3n) is 5.30. The first-order valence-corrected chi connectivity index (χ1v) is 9.92. The Labute approximate surface area is 180 Å². The number of carbonyl (C=O) groups excluding carboxylic acids is 1. The first kappa shape index (κ1) is 20.5. The highest BCUT2D eigenvalue weighted by molar-refractivity contribution is 5.89. The molecule has 1 saturated heterocycles. The molecule has 3 heterocycles. The van der Waals surface area contributed by atoms with Crippen LogP contribution in [0.25, 0.3) is 22.3 Å². The number of ether oxygens (including phenoxy) is 2. The zero-order valence-electron chi connectivity index (χ0n) is 17.8. The van der Waals surface area contributed by atoms with Crippen LogP contribution in [0.15, 0.2) is 30.3 Å². The molecule has 1 fully saturated rings. The maximum atomic E-state index is 11.9. The molecule has 0 bridgehead atoms. The molecule has 3 N–H and O–H groups in total. The SMILES string of the molecule is CNC(=O)N1CCN(c2nc(N)nc3ccc(-c4ccc(OC)c(OC)c4)nc23)CC1. The Morgan fingerprint density at radius 2 is 1.74 bits per heavy atom. The van der Waals surface area contributed by atoms with E-state index >= 15 is 0 Å². The van der Waals surface area contributed by atoms with Gasteiger partial charge >= 0.3 is 6.03 Å². The van der Waals surface area contributed by atoms with Crippen LogP contribution in [0.4, 0.5) is 16.6 Å². The zero-order valence-corrected chi connectivity index (χ0v) is 17.8. The summed E-state index contributed by atoms with van der Waals surface area (Å²) < 4.78 is 10.7. The van der Waals surface area contributed by atoms with Gasteiger partial charge < -0.3 is 30.3 Å². The Kier molecular flexibility index (Phi) is 5.61. The van der Waals surface area contributed by atoms with Gasteiger partial charge in [-0.15, -0.1) is 0 Å². The number of hydrogen-bond donors (Lipinski definition) is 2. The van der Waals surface area contributed by atoms with E-state index in [0.717, 1.165) is 11.3 Å². The lowest BCUT2D eigenvalue weighted by Gasteiger charge is -2.35. The fraction of sp³-hybridized carbons (Fsp3) is 0.333. The molecule has 1 aromatic carbocycles. The molecule has 0 aliphatic carbocycles. The van der Waals surface area contributed by atoms with Crippen LogP contribution in [-0.2, 0) is 0 Å². The van der Waals surface area contributed by atoms with Crippen molar-refractivity contribution in [2.75, 3.05) is 58.1 Å². The molecular weight excluding hydrogens is 398 g/mol. The summed E-state index contributed by atoms with van der Waals surface area (Å²) in [6.45, 7) is 2.42. The Morgan fingerprint density at radius 3 is 2.42 bits per heavy atom. The van der Waals surface area contributed by atoms with E-state index in [2.05, 4.69) is 20.2 Å². The van der Waals surface area contributed by atoms with Crippen LogP contribution in [0.1, 0.15) is 0 Å². The van der Waals surface area contributed by atoms with Crippen LogP contribution in [0.2, 0.25) is 0 Å². The van der Waals surface area contributed by atoms with Crippen molar-refractivity contribution in [1.29, 1.82) is 0 Å². The summed E-state index contributed by atoms with van der Waals surface area (Å²) in [7, 11) is 4.83. The molecule has 1 aliphatic heterocycles. The minimum atomic E-state index is -0.0828. The largest absolute Gasteiger partial charge is 0.493 e. The second kappa shape index (κ2) is 8.50. The fourth-order valence-electron chi connectivity index (χ4n) is 3.67. The Morgan fingerprint density at radius 1 is 1.00 bits per heavy atom. The molecule has 0 spiro atoms. The van der Waals surface area contributed by atoms with Crippen LogP contribution < -0.4 is 25.4 Å². The first-order chi connectivity index (χ1) is 15.0. The van der Waals surface area contributed by atoms with Crippen molar-refractivity contribution in [2.45, 2.75) is 0 Å². The number of methoxy groups -OCH3 is 2. The topological polar surface area (TPSA) is 119 Å². The van der Waals surface area contributed by atoms with Gasteiger partial charge in [0.25, 0.3) is 0 Å².